The smallest absolute Gasteiger partial charge is 1.00 e. The van der Waals surface area contributed by atoms with Gasteiger partial charge in [-0.3, -0.25) is 0 Å². The fourth-order valence-corrected chi connectivity index (χ4v) is 0.726. The fourth-order valence-electron chi connectivity index (χ4n) is 0.599. The SMILES string of the molecule is Nc1nc(N)c(C(=O)O)nc1Cl.[H-].[Li+]. The summed E-state index contributed by atoms with van der Waals surface area (Å²) in [7, 11) is 0. The maximum atomic E-state index is 10.4. The summed E-state index contributed by atoms with van der Waals surface area (Å²) in [5.41, 5.74) is 10.0. The molecule has 66 valence electrons. The van der Waals surface area contributed by atoms with Gasteiger partial charge in [-0.15, -0.1) is 0 Å². The maximum Gasteiger partial charge on any atom is 1.00 e. The van der Waals surface area contributed by atoms with Gasteiger partial charge in [0, 0.05) is 0 Å². The molecular formula is C5H6ClLiN4O2. The Hall–Kier alpha value is -0.963. The van der Waals surface area contributed by atoms with Crippen molar-refractivity contribution in [3.63, 3.8) is 0 Å². The number of hydrogen-bond acceptors (Lipinski definition) is 5. The van der Waals surface area contributed by atoms with Crippen molar-refractivity contribution in [3.8, 4) is 0 Å². The summed E-state index contributed by atoms with van der Waals surface area (Å²) in [5, 5.41) is 8.33. The van der Waals surface area contributed by atoms with Crippen LogP contribution in [0.15, 0.2) is 0 Å². The number of rotatable bonds is 1. The number of anilines is 2. The summed E-state index contributed by atoms with van der Waals surface area (Å²) in [6.45, 7) is 0. The Balaban J connectivity index is 0. The van der Waals surface area contributed by atoms with E-state index in [2.05, 4.69) is 9.97 Å². The van der Waals surface area contributed by atoms with Gasteiger partial charge in [-0.25, -0.2) is 14.8 Å². The van der Waals surface area contributed by atoms with Crippen LogP contribution in [-0.2, 0) is 0 Å². The molecule has 0 radical (unpaired) electrons. The van der Waals surface area contributed by atoms with Gasteiger partial charge in [0.25, 0.3) is 0 Å². The van der Waals surface area contributed by atoms with E-state index in [9.17, 15) is 4.79 Å². The van der Waals surface area contributed by atoms with Crippen molar-refractivity contribution >= 4 is 29.2 Å². The number of carboxylic acids is 1. The molecule has 1 heterocycles. The van der Waals surface area contributed by atoms with Crippen molar-refractivity contribution < 1.29 is 30.2 Å². The molecule has 0 saturated heterocycles. The van der Waals surface area contributed by atoms with Gasteiger partial charge in [-0.1, -0.05) is 11.6 Å². The second kappa shape index (κ2) is 4.32. The van der Waals surface area contributed by atoms with Crippen LogP contribution in [0.1, 0.15) is 11.9 Å². The Bertz CT molecular complexity index is 351. The van der Waals surface area contributed by atoms with Crippen LogP contribution in [0.25, 0.3) is 0 Å². The van der Waals surface area contributed by atoms with Gasteiger partial charge in [0.1, 0.15) is 0 Å². The van der Waals surface area contributed by atoms with Crippen molar-refractivity contribution in [2.75, 3.05) is 11.5 Å². The third kappa shape index (κ3) is 2.49. The molecule has 6 nitrogen and oxygen atoms in total. The van der Waals surface area contributed by atoms with Crippen molar-refractivity contribution in [1.29, 1.82) is 0 Å². The Morgan fingerprint density at radius 1 is 1.38 bits per heavy atom. The van der Waals surface area contributed by atoms with Gasteiger partial charge >= 0.3 is 24.8 Å². The van der Waals surface area contributed by atoms with Crippen LogP contribution in [0.5, 0.6) is 0 Å². The zero-order chi connectivity index (χ0) is 9.30. The van der Waals surface area contributed by atoms with Crippen LogP contribution in [0, 0.1) is 0 Å². The Morgan fingerprint density at radius 2 is 1.92 bits per heavy atom. The number of nitrogens with zero attached hydrogens (tertiary/aromatic N) is 2. The van der Waals surface area contributed by atoms with E-state index in [4.69, 9.17) is 28.2 Å². The van der Waals surface area contributed by atoms with E-state index >= 15 is 0 Å². The van der Waals surface area contributed by atoms with Gasteiger partial charge in [0.2, 0.25) is 0 Å². The van der Waals surface area contributed by atoms with E-state index < -0.39 is 11.7 Å². The predicted octanol–water partition coefficient (Wildman–Crippen LogP) is -2.89. The number of carboxylic acid groups (broad SMARTS) is 1. The molecule has 0 fully saturated rings. The molecule has 8 heteroatoms. The predicted molar refractivity (Wildman–Crippen MR) is 43.9 cm³/mol. The summed E-state index contributed by atoms with van der Waals surface area (Å²) >= 11 is 5.41. The van der Waals surface area contributed by atoms with E-state index in [0.717, 1.165) is 0 Å². The molecule has 1 aromatic heterocycles. The standard InChI is InChI=1S/C5H5ClN4O2.Li.H/c6-2-4(8)10-3(7)1(9-2)5(11)12;;/h(H,11,12)(H4,7,8,10);;/q;+1;-1. The third-order valence-corrected chi connectivity index (χ3v) is 1.39. The quantitative estimate of drug-likeness (QED) is 0.415. The first kappa shape index (κ1) is 12.0. The van der Waals surface area contributed by atoms with E-state index in [0.29, 0.717) is 0 Å². The van der Waals surface area contributed by atoms with E-state index in [1.807, 2.05) is 0 Å². The number of nitrogen functional groups attached to an aromatic ring is 2. The molecule has 0 amide bonds. The van der Waals surface area contributed by atoms with Crippen LogP contribution in [0.4, 0.5) is 11.6 Å². The minimum absolute atomic E-state index is 0. The Morgan fingerprint density at radius 3 is 2.38 bits per heavy atom. The summed E-state index contributed by atoms with van der Waals surface area (Å²) < 4.78 is 0. The van der Waals surface area contributed by atoms with Crippen molar-refractivity contribution in [2.24, 2.45) is 0 Å². The summed E-state index contributed by atoms with van der Waals surface area (Å²) in [6, 6.07) is 0. The zero-order valence-electron chi connectivity index (χ0n) is 7.78. The molecule has 5 N–H and O–H groups in total. The minimum atomic E-state index is -1.29. The van der Waals surface area contributed by atoms with E-state index in [1.165, 1.54) is 0 Å². The zero-order valence-corrected chi connectivity index (χ0v) is 7.54. The van der Waals surface area contributed by atoms with Crippen LogP contribution in [0.2, 0.25) is 5.15 Å². The number of aromatic carboxylic acids is 1. The topological polar surface area (TPSA) is 115 Å². The maximum absolute atomic E-state index is 10.4. The second-order valence-corrected chi connectivity index (χ2v) is 2.30. The average Bonchev–Trinajstić information content (AvgIpc) is 1.96. The number of aromatic nitrogens is 2. The Kier molecular flexibility index (Phi) is 4.00. The van der Waals surface area contributed by atoms with Crippen molar-refractivity contribution in [3.05, 3.63) is 10.8 Å². The molecule has 0 aliphatic rings. The molecule has 0 aliphatic carbocycles. The first-order chi connectivity index (χ1) is 5.52. The molecule has 13 heavy (non-hydrogen) atoms. The summed E-state index contributed by atoms with van der Waals surface area (Å²) in [5.74, 6) is -1.62. The van der Waals surface area contributed by atoms with Gasteiger partial charge in [-0.05, 0) is 0 Å². The average molecular weight is 197 g/mol. The van der Waals surface area contributed by atoms with Gasteiger partial charge in [0.15, 0.2) is 22.5 Å². The molecular weight excluding hydrogens is 190 g/mol. The third-order valence-electron chi connectivity index (χ3n) is 1.11. The largest absolute Gasteiger partial charge is 1.00 e. The van der Waals surface area contributed by atoms with Crippen molar-refractivity contribution in [2.45, 2.75) is 0 Å². The molecule has 1 aromatic rings. The van der Waals surface area contributed by atoms with Crippen LogP contribution in [-0.4, -0.2) is 21.0 Å². The van der Waals surface area contributed by atoms with Crippen LogP contribution < -0.4 is 30.3 Å². The fraction of sp³-hybridized carbons (Fsp3) is 0. The Labute approximate surface area is 92.0 Å². The molecule has 0 saturated carbocycles. The number of nitrogens with two attached hydrogens (primary N) is 2. The summed E-state index contributed by atoms with van der Waals surface area (Å²) in [4.78, 5) is 17.3. The number of hydrogen-bond donors (Lipinski definition) is 3. The minimum Gasteiger partial charge on any atom is -1.00 e. The summed E-state index contributed by atoms with van der Waals surface area (Å²) in [6.07, 6.45) is 0. The molecule has 1 rings (SSSR count). The van der Waals surface area contributed by atoms with Gasteiger partial charge < -0.3 is 18.0 Å². The van der Waals surface area contributed by atoms with Gasteiger partial charge in [0.05, 0.1) is 0 Å². The van der Waals surface area contributed by atoms with Crippen LogP contribution in [0.3, 0.4) is 0 Å². The molecule has 0 aromatic carbocycles. The molecule has 0 atom stereocenters. The van der Waals surface area contributed by atoms with Crippen LogP contribution >= 0.6 is 11.6 Å². The monoisotopic (exact) mass is 196 g/mol. The molecule has 0 aliphatic heterocycles. The normalized spacial score (nSPS) is 9.00. The second-order valence-electron chi connectivity index (χ2n) is 1.94. The molecule has 0 unspecified atom stereocenters. The molecule has 0 spiro atoms. The number of halogens is 1. The molecule has 0 bridgehead atoms. The van der Waals surface area contributed by atoms with Crippen molar-refractivity contribution in [1.82, 2.24) is 9.97 Å². The first-order valence-electron chi connectivity index (χ1n) is 2.84. The number of carbonyl (C=O) groups is 1. The van der Waals surface area contributed by atoms with E-state index in [-0.39, 0.29) is 37.1 Å². The van der Waals surface area contributed by atoms with Gasteiger partial charge in [-0.2, -0.15) is 0 Å². The van der Waals surface area contributed by atoms with E-state index in [1.54, 1.807) is 0 Å². The first-order valence-corrected chi connectivity index (χ1v) is 3.22.